The summed E-state index contributed by atoms with van der Waals surface area (Å²) in [6, 6.07) is 0.437. The van der Waals surface area contributed by atoms with Crippen LogP contribution >= 0.6 is 24.0 Å². The molecule has 1 heterocycles. The second kappa shape index (κ2) is 13.6. The van der Waals surface area contributed by atoms with Crippen molar-refractivity contribution in [2.75, 3.05) is 32.7 Å². The highest BCUT2D eigenvalue weighted by molar-refractivity contribution is 14.0. The van der Waals surface area contributed by atoms with Crippen molar-refractivity contribution >= 4 is 29.9 Å². The summed E-state index contributed by atoms with van der Waals surface area (Å²) in [4.78, 5) is 7.24. The number of unbranched alkanes of at least 4 members (excludes halogenated alkanes) is 2. The molecule has 0 aromatic rings. The minimum Gasteiger partial charge on any atom is -0.357 e. The van der Waals surface area contributed by atoms with Crippen LogP contribution in [0, 0.1) is 0 Å². The molecule has 126 valence electrons. The quantitative estimate of drug-likeness (QED) is 0.279. The van der Waals surface area contributed by atoms with Gasteiger partial charge in [0, 0.05) is 19.1 Å². The first-order chi connectivity index (χ1) is 9.72. The van der Waals surface area contributed by atoms with Gasteiger partial charge in [-0.05, 0) is 66.1 Å². The van der Waals surface area contributed by atoms with Crippen LogP contribution in [0.2, 0.25) is 0 Å². The molecule has 0 aromatic heterocycles. The van der Waals surface area contributed by atoms with Crippen LogP contribution in [0.15, 0.2) is 4.99 Å². The van der Waals surface area contributed by atoms with Crippen molar-refractivity contribution in [1.82, 2.24) is 15.5 Å². The number of guanidine groups is 1. The van der Waals surface area contributed by atoms with Gasteiger partial charge in [-0.1, -0.05) is 12.8 Å². The Hall–Kier alpha value is -0.0400. The Balaban J connectivity index is 0.00000400. The third-order valence-electron chi connectivity index (χ3n) is 3.62. The van der Waals surface area contributed by atoms with Crippen LogP contribution in [-0.4, -0.2) is 49.6 Å². The zero-order valence-electron chi connectivity index (χ0n) is 14.2. The molecule has 0 unspecified atom stereocenters. The average Bonchev–Trinajstić information content (AvgIpc) is 2.43. The highest BCUT2D eigenvalue weighted by Gasteiger charge is 2.08. The summed E-state index contributed by atoms with van der Waals surface area (Å²) in [6.45, 7) is 12.2. The highest BCUT2D eigenvalue weighted by Crippen LogP contribution is 2.09. The molecule has 1 aliphatic heterocycles. The minimum absolute atomic E-state index is 0. The summed E-state index contributed by atoms with van der Waals surface area (Å²) in [6.07, 6.45) is 8.04. The van der Waals surface area contributed by atoms with Gasteiger partial charge in [0.15, 0.2) is 5.96 Å². The van der Waals surface area contributed by atoms with Gasteiger partial charge in [0.1, 0.15) is 0 Å². The van der Waals surface area contributed by atoms with Gasteiger partial charge in [0.05, 0.1) is 0 Å². The molecule has 5 heteroatoms. The van der Waals surface area contributed by atoms with Crippen molar-refractivity contribution in [2.45, 2.75) is 65.3 Å². The summed E-state index contributed by atoms with van der Waals surface area (Å²) in [5.74, 6) is 0.957. The number of aliphatic imine (C=N–C) groups is 1. The monoisotopic (exact) mass is 410 g/mol. The second-order valence-corrected chi connectivity index (χ2v) is 6.02. The number of hydrogen-bond donors (Lipinski definition) is 2. The lowest BCUT2D eigenvalue weighted by Crippen LogP contribution is -2.41. The second-order valence-electron chi connectivity index (χ2n) is 6.02. The van der Waals surface area contributed by atoms with E-state index >= 15 is 0 Å². The molecule has 21 heavy (non-hydrogen) atoms. The number of rotatable bonds is 8. The summed E-state index contributed by atoms with van der Waals surface area (Å²) >= 11 is 0. The molecule has 0 amide bonds. The first-order valence-electron chi connectivity index (χ1n) is 8.49. The molecule has 2 N–H and O–H groups in total. The van der Waals surface area contributed by atoms with Crippen molar-refractivity contribution in [3.05, 3.63) is 0 Å². The van der Waals surface area contributed by atoms with E-state index in [1.807, 2.05) is 0 Å². The van der Waals surface area contributed by atoms with Crippen molar-refractivity contribution in [3.63, 3.8) is 0 Å². The lowest BCUT2D eigenvalue weighted by Gasteiger charge is -2.26. The van der Waals surface area contributed by atoms with E-state index in [2.05, 4.69) is 41.3 Å². The fraction of sp³-hybridized carbons (Fsp3) is 0.938. The maximum Gasteiger partial charge on any atom is 0.191 e. The van der Waals surface area contributed by atoms with E-state index < -0.39 is 0 Å². The molecule has 1 saturated heterocycles. The SMILES string of the molecule is CCNC(=NCCCCCN1CCCCC1)NC(C)C.I. The van der Waals surface area contributed by atoms with Crippen molar-refractivity contribution < 1.29 is 0 Å². The van der Waals surface area contributed by atoms with Crippen LogP contribution in [0.5, 0.6) is 0 Å². The lowest BCUT2D eigenvalue weighted by atomic mass is 10.1. The fourth-order valence-corrected chi connectivity index (χ4v) is 2.59. The Kier molecular flexibility index (Phi) is 13.6. The molecule has 0 atom stereocenters. The fourth-order valence-electron chi connectivity index (χ4n) is 2.59. The van der Waals surface area contributed by atoms with Crippen LogP contribution in [0.4, 0.5) is 0 Å². The molecule has 0 spiro atoms. The van der Waals surface area contributed by atoms with E-state index in [1.54, 1.807) is 0 Å². The van der Waals surface area contributed by atoms with Crippen LogP contribution in [0.1, 0.15) is 59.3 Å². The topological polar surface area (TPSA) is 39.7 Å². The first kappa shape index (κ1) is 21.0. The van der Waals surface area contributed by atoms with Crippen LogP contribution in [0.3, 0.4) is 0 Å². The molecular weight excluding hydrogens is 375 g/mol. The first-order valence-corrected chi connectivity index (χ1v) is 8.49. The Labute approximate surface area is 148 Å². The summed E-state index contributed by atoms with van der Waals surface area (Å²) < 4.78 is 0. The van der Waals surface area contributed by atoms with Gasteiger partial charge in [0.25, 0.3) is 0 Å². The van der Waals surface area contributed by atoms with Gasteiger partial charge >= 0.3 is 0 Å². The summed E-state index contributed by atoms with van der Waals surface area (Å²) in [7, 11) is 0. The number of piperidine rings is 1. The molecule has 1 fully saturated rings. The average molecular weight is 410 g/mol. The van der Waals surface area contributed by atoms with Crippen molar-refractivity contribution in [3.8, 4) is 0 Å². The Bertz CT molecular complexity index is 263. The van der Waals surface area contributed by atoms with E-state index in [0.29, 0.717) is 6.04 Å². The van der Waals surface area contributed by atoms with Gasteiger partial charge in [-0.2, -0.15) is 0 Å². The van der Waals surface area contributed by atoms with Gasteiger partial charge in [0.2, 0.25) is 0 Å². The molecule has 0 bridgehead atoms. The molecule has 0 saturated carbocycles. The third-order valence-corrected chi connectivity index (χ3v) is 3.62. The van der Waals surface area contributed by atoms with E-state index in [1.165, 1.54) is 58.2 Å². The predicted molar refractivity (Wildman–Crippen MR) is 104 cm³/mol. The molecule has 1 aliphatic rings. The van der Waals surface area contributed by atoms with Crippen LogP contribution in [-0.2, 0) is 0 Å². The predicted octanol–water partition coefficient (Wildman–Crippen LogP) is 3.22. The smallest absolute Gasteiger partial charge is 0.191 e. The largest absolute Gasteiger partial charge is 0.357 e. The van der Waals surface area contributed by atoms with E-state index in [-0.39, 0.29) is 24.0 Å². The Morgan fingerprint density at radius 2 is 1.81 bits per heavy atom. The van der Waals surface area contributed by atoms with E-state index in [4.69, 9.17) is 0 Å². The molecule has 0 aliphatic carbocycles. The van der Waals surface area contributed by atoms with Crippen LogP contribution in [0.25, 0.3) is 0 Å². The number of nitrogens with one attached hydrogen (secondary N) is 2. The lowest BCUT2D eigenvalue weighted by molar-refractivity contribution is 0.224. The number of halogens is 1. The van der Waals surface area contributed by atoms with Gasteiger partial charge in [-0.3, -0.25) is 4.99 Å². The Morgan fingerprint density at radius 3 is 2.43 bits per heavy atom. The van der Waals surface area contributed by atoms with Crippen LogP contribution < -0.4 is 10.6 Å². The number of likely N-dealkylation sites (tertiary alicyclic amines) is 1. The molecular formula is C16H35IN4. The minimum atomic E-state index is 0. The van der Waals surface area contributed by atoms with Gasteiger partial charge in [-0.25, -0.2) is 0 Å². The highest BCUT2D eigenvalue weighted by atomic mass is 127. The maximum atomic E-state index is 4.62. The molecule has 0 aromatic carbocycles. The zero-order chi connectivity index (χ0) is 14.6. The Morgan fingerprint density at radius 1 is 1.10 bits per heavy atom. The summed E-state index contributed by atoms with van der Waals surface area (Å²) in [5, 5.41) is 6.64. The zero-order valence-corrected chi connectivity index (χ0v) is 16.5. The van der Waals surface area contributed by atoms with Crippen molar-refractivity contribution in [1.29, 1.82) is 0 Å². The van der Waals surface area contributed by atoms with Crippen molar-refractivity contribution in [2.24, 2.45) is 4.99 Å². The maximum absolute atomic E-state index is 4.62. The molecule has 1 rings (SSSR count). The molecule has 0 radical (unpaired) electrons. The molecule has 4 nitrogen and oxygen atoms in total. The van der Waals surface area contributed by atoms with Gasteiger partial charge < -0.3 is 15.5 Å². The summed E-state index contributed by atoms with van der Waals surface area (Å²) in [5.41, 5.74) is 0. The number of nitrogens with zero attached hydrogens (tertiary/aromatic N) is 2. The van der Waals surface area contributed by atoms with E-state index in [0.717, 1.165) is 19.0 Å². The number of hydrogen-bond acceptors (Lipinski definition) is 2. The van der Waals surface area contributed by atoms with E-state index in [9.17, 15) is 0 Å². The normalized spacial score (nSPS) is 16.7. The third kappa shape index (κ3) is 11.2. The standard InChI is InChI=1S/C16H34N4.HI/c1-4-17-16(19-15(2)3)18-11-7-5-8-12-20-13-9-6-10-14-20;/h15H,4-14H2,1-3H3,(H2,17,18,19);1H. The van der Waals surface area contributed by atoms with Gasteiger partial charge in [-0.15, -0.1) is 24.0 Å².